The summed E-state index contributed by atoms with van der Waals surface area (Å²) in [5, 5.41) is 2.92. The van der Waals surface area contributed by atoms with Crippen LogP contribution in [-0.2, 0) is 14.8 Å². The number of thiophene rings is 1. The summed E-state index contributed by atoms with van der Waals surface area (Å²) in [4.78, 5) is 13.9. The predicted molar refractivity (Wildman–Crippen MR) is 118 cm³/mol. The van der Waals surface area contributed by atoms with Crippen LogP contribution in [0.25, 0.3) is 0 Å². The average Bonchev–Trinajstić information content (AvgIpc) is 3.17. The number of ether oxygens (including phenoxy) is 2. The molecule has 1 aromatic heterocycles. The van der Waals surface area contributed by atoms with Gasteiger partial charge in [-0.1, -0.05) is 0 Å². The molecule has 0 bridgehead atoms. The van der Waals surface area contributed by atoms with Gasteiger partial charge < -0.3 is 14.8 Å². The normalized spacial score (nSPS) is 17.5. The third-order valence-corrected chi connectivity index (χ3v) is 8.22. The maximum Gasteiger partial charge on any atom is 0.252 e. The van der Waals surface area contributed by atoms with E-state index in [1.807, 2.05) is 20.8 Å². The number of hydrogen-bond donors (Lipinski definition) is 1. The van der Waals surface area contributed by atoms with Crippen molar-refractivity contribution in [2.45, 2.75) is 37.8 Å². The summed E-state index contributed by atoms with van der Waals surface area (Å²) in [5.41, 5.74) is 0.529. The van der Waals surface area contributed by atoms with Crippen LogP contribution in [-0.4, -0.2) is 44.9 Å². The number of aryl methyl sites for hydroxylation is 1. The number of piperidine rings is 1. The molecular weight excluding hydrogens is 424 g/mol. The van der Waals surface area contributed by atoms with Crippen molar-refractivity contribution >= 4 is 33.0 Å². The lowest BCUT2D eigenvalue weighted by Crippen LogP contribution is -2.43. The van der Waals surface area contributed by atoms with E-state index in [1.165, 1.54) is 15.6 Å². The van der Waals surface area contributed by atoms with E-state index in [-0.39, 0.29) is 12.5 Å². The van der Waals surface area contributed by atoms with Gasteiger partial charge >= 0.3 is 0 Å². The third-order valence-electron chi connectivity index (χ3n) is 4.88. The zero-order valence-corrected chi connectivity index (χ0v) is 19.1. The van der Waals surface area contributed by atoms with Gasteiger partial charge in [-0.15, -0.1) is 11.3 Å². The maximum absolute atomic E-state index is 13.0. The molecule has 164 valence electrons. The summed E-state index contributed by atoms with van der Waals surface area (Å²) >= 11 is 1.25. The number of sulfonamides is 1. The molecule has 1 amide bonds. The van der Waals surface area contributed by atoms with E-state index in [4.69, 9.17) is 9.47 Å². The Labute approximate surface area is 182 Å². The topological polar surface area (TPSA) is 84.9 Å². The summed E-state index contributed by atoms with van der Waals surface area (Å²) in [7, 11) is -3.58. The van der Waals surface area contributed by atoms with Gasteiger partial charge in [-0.2, -0.15) is 4.31 Å². The Morgan fingerprint density at radius 1 is 1.20 bits per heavy atom. The quantitative estimate of drug-likeness (QED) is 0.657. The molecule has 30 heavy (non-hydrogen) atoms. The minimum Gasteiger partial charge on any atom is -0.494 e. The smallest absolute Gasteiger partial charge is 0.252 e. The van der Waals surface area contributed by atoms with Crippen molar-refractivity contribution in [3.63, 3.8) is 0 Å². The van der Waals surface area contributed by atoms with Gasteiger partial charge in [0, 0.05) is 24.0 Å². The highest BCUT2D eigenvalue weighted by Crippen LogP contribution is 2.32. The average molecular weight is 453 g/mol. The minimum atomic E-state index is -3.58. The lowest BCUT2D eigenvalue weighted by Gasteiger charge is -2.31. The number of carbonyl (C=O) groups is 1. The largest absolute Gasteiger partial charge is 0.494 e. The Morgan fingerprint density at radius 3 is 2.63 bits per heavy atom. The molecule has 1 saturated heterocycles. The Bertz CT molecular complexity index is 987. The molecule has 2 aromatic rings. The van der Waals surface area contributed by atoms with Crippen molar-refractivity contribution in [3.8, 4) is 11.5 Å². The van der Waals surface area contributed by atoms with Crippen molar-refractivity contribution in [1.29, 1.82) is 0 Å². The molecular formula is C21H28N2O5S2. The fourth-order valence-corrected chi connectivity index (χ4v) is 6.39. The first-order valence-corrected chi connectivity index (χ1v) is 12.4. The molecule has 1 atom stereocenters. The SMILES string of the molecule is CCOc1ccc(OCC)c(NC(=O)C2CCCN(S(=O)(=O)c3ccc(C)s3)C2)c1. The van der Waals surface area contributed by atoms with Crippen LogP contribution in [0.1, 0.15) is 31.6 Å². The van der Waals surface area contributed by atoms with Crippen LogP contribution in [0.4, 0.5) is 5.69 Å². The van der Waals surface area contributed by atoms with Gasteiger partial charge in [0.15, 0.2) is 0 Å². The van der Waals surface area contributed by atoms with Crippen molar-refractivity contribution in [2.24, 2.45) is 5.92 Å². The number of nitrogens with zero attached hydrogens (tertiary/aromatic N) is 1. The van der Waals surface area contributed by atoms with Crippen LogP contribution in [0.2, 0.25) is 0 Å². The number of hydrogen-bond acceptors (Lipinski definition) is 6. The maximum atomic E-state index is 13.0. The van der Waals surface area contributed by atoms with Crippen LogP contribution in [0.3, 0.4) is 0 Å². The molecule has 1 aliphatic rings. The summed E-state index contributed by atoms with van der Waals surface area (Å²) in [5.74, 6) is 0.549. The van der Waals surface area contributed by atoms with Crippen molar-refractivity contribution in [3.05, 3.63) is 35.2 Å². The number of amides is 1. The highest BCUT2D eigenvalue weighted by atomic mass is 32.2. The van der Waals surface area contributed by atoms with Gasteiger partial charge in [-0.3, -0.25) is 4.79 Å². The molecule has 9 heteroatoms. The van der Waals surface area contributed by atoms with Gasteiger partial charge in [0.1, 0.15) is 15.7 Å². The number of benzene rings is 1. The molecule has 1 fully saturated rings. The van der Waals surface area contributed by atoms with Crippen molar-refractivity contribution < 1.29 is 22.7 Å². The van der Waals surface area contributed by atoms with Crippen LogP contribution in [0.15, 0.2) is 34.5 Å². The summed E-state index contributed by atoms with van der Waals surface area (Å²) in [6.07, 6.45) is 1.27. The number of carbonyl (C=O) groups excluding carboxylic acids is 1. The van der Waals surface area contributed by atoms with E-state index in [1.54, 1.807) is 30.3 Å². The van der Waals surface area contributed by atoms with Crippen LogP contribution >= 0.6 is 11.3 Å². The van der Waals surface area contributed by atoms with Gasteiger partial charge in [0.2, 0.25) is 5.91 Å². The summed E-state index contributed by atoms with van der Waals surface area (Å²) < 4.78 is 38.8. The van der Waals surface area contributed by atoms with Crippen LogP contribution < -0.4 is 14.8 Å². The molecule has 1 aromatic carbocycles. The molecule has 1 N–H and O–H groups in total. The lowest BCUT2D eigenvalue weighted by atomic mass is 9.98. The van der Waals surface area contributed by atoms with Gasteiger partial charge in [-0.05, 0) is 57.9 Å². The summed E-state index contributed by atoms with van der Waals surface area (Å²) in [6, 6.07) is 8.72. The fourth-order valence-electron chi connectivity index (χ4n) is 3.43. The first kappa shape index (κ1) is 22.6. The standard InChI is InChI=1S/C21H28N2O5S2/c1-4-27-17-9-10-19(28-5-2)18(13-17)22-21(24)16-7-6-12-23(14-16)30(25,26)20-11-8-15(3)29-20/h8-11,13,16H,4-7,12,14H2,1-3H3,(H,22,24). The first-order chi connectivity index (χ1) is 14.3. The van der Waals surface area contributed by atoms with E-state index < -0.39 is 15.9 Å². The van der Waals surface area contributed by atoms with Gasteiger partial charge in [0.05, 0.1) is 24.8 Å². The molecule has 0 spiro atoms. The monoisotopic (exact) mass is 452 g/mol. The molecule has 3 rings (SSSR count). The molecule has 1 unspecified atom stereocenters. The highest BCUT2D eigenvalue weighted by molar-refractivity contribution is 7.91. The molecule has 2 heterocycles. The van der Waals surface area contributed by atoms with E-state index >= 15 is 0 Å². The minimum absolute atomic E-state index is 0.167. The molecule has 0 radical (unpaired) electrons. The Kier molecular flexibility index (Phi) is 7.38. The highest BCUT2D eigenvalue weighted by Gasteiger charge is 2.34. The number of rotatable bonds is 8. The summed E-state index contributed by atoms with van der Waals surface area (Å²) in [6.45, 7) is 7.21. The predicted octanol–water partition coefficient (Wildman–Crippen LogP) is 3.89. The Balaban J connectivity index is 1.75. The van der Waals surface area contributed by atoms with Crippen molar-refractivity contribution in [1.82, 2.24) is 4.31 Å². The van der Waals surface area contributed by atoms with E-state index in [0.717, 1.165) is 4.88 Å². The number of anilines is 1. The Morgan fingerprint density at radius 2 is 1.97 bits per heavy atom. The lowest BCUT2D eigenvalue weighted by molar-refractivity contribution is -0.120. The Hall–Kier alpha value is -2.10. The third kappa shape index (κ3) is 5.14. The van der Waals surface area contributed by atoms with Crippen molar-refractivity contribution in [2.75, 3.05) is 31.6 Å². The molecule has 1 aliphatic heterocycles. The zero-order valence-electron chi connectivity index (χ0n) is 17.5. The fraction of sp³-hybridized carbons (Fsp3) is 0.476. The second-order valence-electron chi connectivity index (χ2n) is 7.08. The second kappa shape index (κ2) is 9.80. The molecule has 7 nitrogen and oxygen atoms in total. The number of nitrogens with one attached hydrogen (secondary N) is 1. The van der Waals surface area contributed by atoms with Gasteiger partial charge in [-0.25, -0.2) is 8.42 Å². The van der Waals surface area contributed by atoms with Crippen LogP contribution in [0, 0.1) is 12.8 Å². The van der Waals surface area contributed by atoms with E-state index in [2.05, 4.69) is 5.32 Å². The van der Waals surface area contributed by atoms with Gasteiger partial charge in [0.25, 0.3) is 10.0 Å². The van der Waals surface area contributed by atoms with Crippen LogP contribution in [0.5, 0.6) is 11.5 Å². The van der Waals surface area contributed by atoms with E-state index in [0.29, 0.717) is 54.0 Å². The first-order valence-electron chi connectivity index (χ1n) is 10.1. The zero-order chi connectivity index (χ0) is 21.7. The molecule has 0 saturated carbocycles. The molecule has 0 aliphatic carbocycles. The second-order valence-corrected chi connectivity index (χ2v) is 10.5. The van der Waals surface area contributed by atoms with E-state index in [9.17, 15) is 13.2 Å².